The van der Waals surface area contributed by atoms with Gasteiger partial charge in [0, 0.05) is 35.9 Å². The molecule has 18 heavy (non-hydrogen) atoms. The van der Waals surface area contributed by atoms with Crippen LogP contribution in [0, 0.1) is 5.92 Å². The van der Waals surface area contributed by atoms with Gasteiger partial charge < -0.3 is 10.2 Å². The normalized spacial score (nSPS) is 14.8. The van der Waals surface area contributed by atoms with Gasteiger partial charge in [0.05, 0.1) is 0 Å². The minimum absolute atomic E-state index is 0.833. The second-order valence-electron chi connectivity index (χ2n) is 5.16. The van der Waals surface area contributed by atoms with Gasteiger partial charge in [0.2, 0.25) is 0 Å². The first-order valence-electron chi connectivity index (χ1n) is 6.93. The highest BCUT2D eigenvalue weighted by Gasteiger charge is 2.25. The number of nitrogens with one attached hydrogen (secondary N) is 1. The van der Waals surface area contributed by atoms with Crippen LogP contribution in [0.15, 0.2) is 18.2 Å². The Balaban J connectivity index is 2.23. The highest BCUT2D eigenvalue weighted by atomic mass is 35.5. The zero-order valence-electron chi connectivity index (χ0n) is 11.4. The molecular weight excluding hydrogens is 244 g/mol. The zero-order chi connectivity index (χ0) is 13.0. The summed E-state index contributed by atoms with van der Waals surface area (Å²) in [6.07, 6.45) is 3.96. The summed E-state index contributed by atoms with van der Waals surface area (Å²) in [5.74, 6) is 0.901. The summed E-state index contributed by atoms with van der Waals surface area (Å²) in [6, 6.07) is 6.25. The summed E-state index contributed by atoms with van der Waals surface area (Å²) in [5.41, 5.74) is 2.54. The van der Waals surface area contributed by atoms with Crippen molar-refractivity contribution in [1.29, 1.82) is 0 Å². The number of halogens is 1. The first kappa shape index (κ1) is 13.7. The first-order valence-corrected chi connectivity index (χ1v) is 7.31. The fourth-order valence-corrected chi connectivity index (χ4v) is 2.62. The molecule has 0 unspecified atom stereocenters. The average molecular weight is 267 g/mol. The van der Waals surface area contributed by atoms with E-state index in [4.69, 9.17) is 11.6 Å². The Labute approximate surface area is 115 Å². The molecular formula is C15H23ClN2. The monoisotopic (exact) mass is 266 g/mol. The summed E-state index contributed by atoms with van der Waals surface area (Å²) >= 11 is 6.34. The van der Waals surface area contributed by atoms with Crippen molar-refractivity contribution in [3.05, 3.63) is 28.8 Å². The summed E-state index contributed by atoms with van der Waals surface area (Å²) < 4.78 is 0. The standard InChI is InChI=1S/C15H23ClN2/c1-3-9-18(11-12-7-8-12)15-6-4-5-14(16)13(15)10-17-2/h4-6,12,17H,3,7-11H2,1-2H3. The van der Waals surface area contributed by atoms with E-state index < -0.39 is 0 Å². The lowest BCUT2D eigenvalue weighted by Gasteiger charge is -2.27. The van der Waals surface area contributed by atoms with Crippen LogP contribution in [0.1, 0.15) is 31.7 Å². The van der Waals surface area contributed by atoms with E-state index in [0.29, 0.717) is 0 Å². The quantitative estimate of drug-likeness (QED) is 0.810. The number of anilines is 1. The second kappa shape index (κ2) is 6.44. The molecule has 0 heterocycles. The Morgan fingerprint density at radius 1 is 1.39 bits per heavy atom. The van der Waals surface area contributed by atoms with Gasteiger partial charge in [-0.05, 0) is 44.4 Å². The number of hydrogen-bond acceptors (Lipinski definition) is 2. The molecule has 1 N–H and O–H groups in total. The molecule has 0 atom stereocenters. The third-order valence-corrected chi connectivity index (χ3v) is 3.81. The summed E-state index contributed by atoms with van der Waals surface area (Å²) in [6.45, 7) is 5.38. The molecule has 100 valence electrons. The molecule has 2 nitrogen and oxygen atoms in total. The van der Waals surface area contributed by atoms with Gasteiger partial charge in [0.1, 0.15) is 0 Å². The van der Waals surface area contributed by atoms with Gasteiger partial charge in [-0.1, -0.05) is 24.6 Å². The molecule has 1 aromatic carbocycles. The van der Waals surface area contributed by atoms with E-state index in [1.165, 1.54) is 37.1 Å². The van der Waals surface area contributed by atoms with Crippen molar-refractivity contribution in [3.8, 4) is 0 Å². The molecule has 1 saturated carbocycles. The lowest BCUT2D eigenvalue weighted by molar-refractivity contribution is 0.699. The Morgan fingerprint density at radius 3 is 2.78 bits per heavy atom. The largest absolute Gasteiger partial charge is 0.371 e. The van der Waals surface area contributed by atoms with Crippen LogP contribution in [-0.2, 0) is 6.54 Å². The Hall–Kier alpha value is -0.730. The molecule has 3 heteroatoms. The van der Waals surface area contributed by atoms with Crippen LogP contribution in [0.2, 0.25) is 5.02 Å². The zero-order valence-corrected chi connectivity index (χ0v) is 12.1. The molecule has 0 bridgehead atoms. The lowest BCUT2D eigenvalue weighted by atomic mass is 10.1. The molecule has 0 aromatic heterocycles. The van der Waals surface area contributed by atoms with Crippen LogP contribution < -0.4 is 10.2 Å². The minimum atomic E-state index is 0.833. The van der Waals surface area contributed by atoms with Crippen molar-refractivity contribution in [3.63, 3.8) is 0 Å². The molecule has 1 aliphatic carbocycles. The minimum Gasteiger partial charge on any atom is -0.371 e. The van der Waals surface area contributed by atoms with E-state index in [-0.39, 0.29) is 0 Å². The fourth-order valence-electron chi connectivity index (χ4n) is 2.39. The van der Waals surface area contributed by atoms with Gasteiger partial charge in [-0.15, -0.1) is 0 Å². The number of hydrogen-bond donors (Lipinski definition) is 1. The third-order valence-electron chi connectivity index (χ3n) is 3.46. The van der Waals surface area contributed by atoms with Crippen molar-refractivity contribution >= 4 is 17.3 Å². The van der Waals surface area contributed by atoms with Crippen molar-refractivity contribution in [1.82, 2.24) is 5.32 Å². The van der Waals surface area contributed by atoms with Gasteiger partial charge in [-0.25, -0.2) is 0 Å². The molecule has 0 amide bonds. The lowest BCUT2D eigenvalue weighted by Crippen LogP contribution is -2.28. The van der Waals surface area contributed by atoms with Crippen LogP contribution >= 0.6 is 11.6 Å². The van der Waals surface area contributed by atoms with Crippen LogP contribution in [0.3, 0.4) is 0 Å². The van der Waals surface area contributed by atoms with E-state index in [2.05, 4.69) is 29.3 Å². The first-order chi connectivity index (χ1) is 8.76. The van der Waals surface area contributed by atoms with E-state index in [1.54, 1.807) is 0 Å². The van der Waals surface area contributed by atoms with Gasteiger partial charge in [-0.3, -0.25) is 0 Å². The van der Waals surface area contributed by atoms with Gasteiger partial charge in [0.15, 0.2) is 0 Å². The molecule has 1 aromatic rings. The van der Waals surface area contributed by atoms with E-state index in [9.17, 15) is 0 Å². The maximum absolute atomic E-state index is 6.34. The average Bonchev–Trinajstić information content (AvgIpc) is 3.15. The van der Waals surface area contributed by atoms with Crippen LogP contribution in [-0.4, -0.2) is 20.1 Å². The van der Waals surface area contributed by atoms with Crippen molar-refractivity contribution < 1.29 is 0 Å². The van der Waals surface area contributed by atoms with Crippen molar-refractivity contribution in [2.45, 2.75) is 32.7 Å². The molecule has 0 radical (unpaired) electrons. The van der Waals surface area contributed by atoms with Crippen molar-refractivity contribution in [2.75, 3.05) is 25.0 Å². The molecule has 1 aliphatic rings. The number of benzene rings is 1. The van der Waals surface area contributed by atoms with Crippen LogP contribution in [0.25, 0.3) is 0 Å². The maximum atomic E-state index is 6.34. The fraction of sp³-hybridized carbons (Fsp3) is 0.600. The Morgan fingerprint density at radius 2 is 2.17 bits per heavy atom. The summed E-state index contributed by atoms with van der Waals surface area (Å²) in [7, 11) is 1.97. The molecule has 1 fully saturated rings. The van der Waals surface area contributed by atoms with Gasteiger partial charge in [0.25, 0.3) is 0 Å². The van der Waals surface area contributed by atoms with Crippen molar-refractivity contribution in [2.24, 2.45) is 5.92 Å². The predicted octanol–water partition coefficient (Wildman–Crippen LogP) is 3.69. The van der Waals surface area contributed by atoms with Gasteiger partial charge in [-0.2, -0.15) is 0 Å². The molecule has 2 rings (SSSR count). The van der Waals surface area contributed by atoms with Gasteiger partial charge >= 0.3 is 0 Å². The molecule has 0 spiro atoms. The van der Waals surface area contributed by atoms with E-state index in [1.807, 2.05) is 13.1 Å². The van der Waals surface area contributed by atoms with Crippen LogP contribution in [0.5, 0.6) is 0 Å². The van der Waals surface area contributed by atoms with E-state index in [0.717, 1.165) is 24.0 Å². The highest BCUT2D eigenvalue weighted by Crippen LogP contribution is 2.34. The Kier molecular flexibility index (Phi) is 4.90. The smallest absolute Gasteiger partial charge is 0.0471 e. The maximum Gasteiger partial charge on any atom is 0.0471 e. The third kappa shape index (κ3) is 3.39. The van der Waals surface area contributed by atoms with E-state index >= 15 is 0 Å². The number of rotatable bonds is 7. The topological polar surface area (TPSA) is 15.3 Å². The SMILES string of the molecule is CCCN(CC1CC1)c1cccc(Cl)c1CNC. The highest BCUT2D eigenvalue weighted by molar-refractivity contribution is 6.31. The summed E-state index contributed by atoms with van der Waals surface area (Å²) in [5, 5.41) is 4.09. The Bertz CT molecular complexity index is 388. The molecule has 0 aliphatic heterocycles. The number of nitrogens with zero attached hydrogens (tertiary/aromatic N) is 1. The summed E-state index contributed by atoms with van der Waals surface area (Å²) in [4.78, 5) is 2.51. The molecule has 0 saturated heterocycles. The second-order valence-corrected chi connectivity index (χ2v) is 5.56. The predicted molar refractivity (Wildman–Crippen MR) is 79.4 cm³/mol. The van der Waals surface area contributed by atoms with Crippen LogP contribution in [0.4, 0.5) is 5.69 Å².